The van der Waals surface area contributed by atoms with Crippen molar-refractivity contribution in [1.29, 1.82) is 0 Å². The van der Waals surface area contributed by atoms with Crippen LogP contribution in [0.15, 0.2) is 18.7 Å². The Bertz CT molecular complexity index is 285. The number of carbonyl (C=O) groups excluding carboxylic acids is 1. The summed E-state index contributed by atoms with van der Waals surface area (Å²) in [6, 6.07) is -0.243. The largest absolute Gasteiger partial charge is 0.465 e. The Labute approximate surface area is 89.4 Å². The fraction of sp³-hybridized carbons (Fsp3) is 0.600. The molecule has 0 aliphatic carbocycles. The normalized spacial score (nSPS) is 12.4. The fourth-order valence-electron chi connectivity index (χ4n) is 1.32. The van der Waals surface area contributed by atoms with Crippen LogP contribution in [0, 0.1) is 0 Å². The lowest BCUT2D eigenvalue weighted by atomic mass is 10.2. The molecule has 0 saturated carbocycles. The first kappa shape index (κ1) is 11.7. The molecule has 0 aromatic carbocycles. The summed E-state index contributed by atoms with van der Waals surface area (Å²) in [6.07, 6.45) is 6.03. The third-order valence-electron chi connectivity index (χ3n) is 2.15. The van der Waals surface area contributed by atoms with Gasteiger partial charge in [0.2, 0.25) is 0 Å². The van der Waals surface area contributed by atoms with Crippen LogP contribution in [0.2, 0.25) is 0 Å². The summed E-state index contributed by atoms with van der Waals surface area (Å²) in [5, 5.41) is 2.94. The Morgan fingerprint density at radius 1 is 1.67 bits per heavy atom. The Hall–Kier alpha value is -1.36. The average Bonchev–Trinajstić information content (AvgIpc) is 2.72. The maximum atomic E-state index is 11.4. The summed E-state index contributed by atoms with van der Waals surface area (Å²) < 4.78 is 6.87. The molecule has 1 aromatic rings. The third-order valence-corrected chi connectivity index (χ3v) is 2.15. The van der Waals surface area contributed by atoms with Gasteiger partial charge in [-0.15, -0.1) is 0 Å². The molecule has 1 heterocycles. The molecule has 84 valence electrons. The van der Waals surface area contributed by atoms with Crippen LogP contribution in [-0.4, -0.2) is 35.2 Å². The molecule has 0 bridgehead atoms. The van der Waals surface area contributed by atoms with Gasteiger partial charge in [0.1, 0.15) is 6.04 Å². The van der Waals surface area contributed by atoms with Crippen LogP contribution in [0.1, 0.15) is 13.3 Å². The van der Waals surface area contributed by atoms with Crippen LogP contribution in [-0.2, 0) is 16.1 Å². The van der Waals surface area contributed by atoms with Gasteiger partial charge in [0.25, 0.3) is 0 Å². The van der Waals surface area contributed by atoms with Crippen molar-refractivity contribution in [3.8, 4) is 0 Å². The maximum absolute atomic E-state index is 11.4. The number of rotatable bonds is 6. The highest BCUT2D eigenvalue weighted by molar-refractivity contribution is 5.75. The van der Waals surface area contributed by atoms with Crippen molar-refractivity contribution in [2.45, 2.75) is 25.9 Å². The number of ether oxygens (including phenoxy) is 1. The molecule has 1 N–H and O–H groups in total. The summed E-state index contributed by atoms with van der Waals surface area (Å²) in [5.74, 6) is -0.194. The Kier molecular flexibility index (Phi) is 4.83. The predicted molar refractivity (Wildman–Crippen MR) is 56.3 cm³/mol. The minimum atomic E-state index is -0.243. The van der Waals surface area contributed by atoms with Gasteiger partial charge in [-0.1, -0.05) is 0 Å². The highest BCUT2D eigenvalue weighted by atomic mass is 16.5. The van der Waals surface area contributed by atoms with E-state index in [4.69, 9.17) is 4.74 Å². The van der Waals surface area contributed by atoms with Crippen LogP contribution >= 0.6 is 0 Å². The number of aryl methyl sites for hydroxylation is 1. The van der Waals surface area contributed by atoms with E-state index in [1.807, 2.05) is 10.8 Å². The maximum Gasteiger partial charge on any atom is 0.323 e. The first-order chi connectivity index (χ1) is 7.27. The zero-order chi connectivity index (χ0) is 11.1. The van der Waals surface area contributed by atoms with Gasteiger partial charge in [0.15, 0.2) is 0 Å². The predicted octanol–water partition coefficient (Wildman–Crippen LogP) is 0.424. The van der Waals surface area contributed by atoms with Gasteiger partial charge in [0, 0.05) is 18.9 Å². The minimum Gasteiger partial charge on any atom is -0.465 e. The van der Waals surface area contributed by atoms with Crippen molar-refractivity contribution in [2.24, 2.45) is 0 Å². The highest BCUT2D eigenvalue weighted by Crippen LogP contribution is 1.99. The number of nitrogens with zero attached hydrogens (tertiary/aromatic N) is 2. The number of aromatic nitrogens is 2. The van der Waals surface area contributed by atoms with Crippen LogP contribution in [0.4, 0.5) is 0 Å². The second-order valence-electron chi connectivity index (χ2n) is 3.18. The second kappa shape index (κ2) is 6.19. The molecule has 1 aromatic heterocycles. The van der Waals surface area contributed by atoms with Crippen LogP contribution in [0.5, 0.6) is 0 Å². The highest BCUT2D eigenvalue weighted by Gasteiger charge is 2.16. The number of hydrogen-bond acceptors (Lipinski definition) is 4. The van der Waals surface area contributed by atoms with Crippen LogP contribution < -0.4 is 5.32 Å². The van der Waals surface area contributed by atoms with Crippen molar-refractivity contribution in [2.75, 3.05) is 13.7 Å². The van der Waals surface area contributed by atoms with Gasteiger partial charge in [-0.3, -0.25) is 4.79 Å². The number of imidazole rings is 1. The Morgan fingerprint density at radius 3 is 3.00 bits per heavy atom. The SMILES string of the molecule is CCOC(=O)C(CCn1ccnc1)NC. The Balaban J connectivity index is 2.37. The zero-order valence-electron chi connectivity index (χ0n) is 9.14. The van der Waals surface area contributed by atoms with E-state index in [0.29, 0.717) is 13.0 Å². The van der Waals surface area contributed by atoms with E-state index >= 15 is 0 Å². The van der Waals surface area contributed by atoms with Crippen LogP contribution in [0.3, 0.4) is 0 Å². The molecule has 0 amide bonds. The van der Waals surface area contributed by atoms with E-state index in [1.165, 1.54) is 0 Å². The molecular weight excluding hydrogens is 194 g/mol. The molecular formula is C10H17N3O2. The number of nitrogens with one attached hydrogen (secondary N) is 1. The summed E-state index contributed by atoms with van der Waals surface area (Å²) in [6.45, 7) is 2.98. The molecule has 15 heavy (non-hydrogen) atoms. The molecule has 0 aliphatic rings. The van der Waals surface area contributed by atoms with E-state index in [0.717, 1.165) is 6.54 Å². The van der Waals surface area contributed by atoms with Crippen molar-refractivity contribution < 1.29 is 9.53 Å². The van der Waals surface area contributed by atoms with Gasteiger partial charge in [-0.2, -0.15) is 0 Å². The molecule has 1 atom stereocenters. The summed E-state index contributed by atoms with van der Waals surface area (Å²) in [4.78, 5) is 15.4. The molecule has 5 nitrogen and oxygen atoms in total. The van der Waals surface area contributed by atoms with Crippen molar-refractivity contribution in [1.82, 2.24) is 14.9 Å². The standard InChI is InChI=1S/C10H17N3O2/c1-3-15-10(14)9(11-2)4-6-13-7-5-12-8-13/h5,7-9,11H,3-4,6H2,1-2H3. The van der Waals surface area contributed by atoms with Gasteiger partial charge in [-0.05, 0) is 20.4 Å². The van der Waals surface area contributed by atoms with Crippen molar-refractivity contribution in [3.05, 3.63) is 18.7 Å². The Morgan fingerprint density at radius 2 is 2.47 bits per heavy atom. The van der Waals surface area contributed by atoms with Gasteiger partial charge in [-0.25, -0.2) is 4.98 Å². The summed E-state index contributed by atoms with van der Waals surface area (Å²) in [7, 11) is 1.76. The van der Waals surface area contributed by atoms with E-state index < -0.39 is 0 Å². The smallest absolute Gasteiger partial charge is 0.323 e. The number of likely N-dealkylation sites (N-methyl/N-ethyl adjacent to an activating group) is 1. The molecule has 1 unspecified atom stereocenters. The quantitative estimate of drug-likeness (QED) is 0.693. The molecule has 0 radical (unpaired) electrons. The van der Waals surface area contributed by atoms with Gasteiger partial charge in [0.05, 0.1) is 12.9 Å². The van der Waals surface area contributed by atoms with E-state index in [9.17, 15) is 4.79 Å². The number of carbonyl (C=O) groups is 1. The van der Waals surface area contributed by atoms with Crippen molar-refractivity contribution >= 4 is 5.97 Å². The lowest BCUT2D eigenvalue weighted by Gasteiger charge is -2.14. The molecule has 0 fully saturated rings. The monoisotopic (exact) mass is 211 g/mol. The molecule has 5 heteroatoms. The van der Waals surface area contributed by atoms with Gasteiger partial charge < -0.3 is 14.6 Å². The number of hydrogen-bond donors (Lipinski definition) is 1. The summed E-state index contributed by atoms with van der Waals surface area (Å²) in [5.41, 5.74) is 0. The van der Waals surface area contributed by atoms with E-state index in [1.54, 1.807) is 26.5 Å². The average molecular weight is 211 g/mol. The first-order valence-electron chi connectivity index (χ1n) is 5.07. The number of esters is 1. The third kappa shape index (κ3) is 3.71. The molecule has 0 spiro atoms. The van der Waals surface area contributed by atoms with Gasteiger partial charge >= 0.3 is 5.97 Å². The van der Waals surface area contributed by atoms with Crippen molar-refractivity contribution in [3.63, 3.8) is 0 Å². The fourth-order valence-corrected chi connectivity index (χ4v) is 1.32. The minimum absolute atomic E-state index is 0.194. The lowest BCUT2D eigenvalue weighted by molar-refractivity contribution is -0.145. The van der Waals surface area contributed by atoms with Crippen LogP contribution in [0.25, 0.3) is 0 Å². The summed E-state index contributed by atoms with van der Waals surface area (Å²) >= 11 is 0. The van der Waals surface area contributed by atoms with E-state index in [-0.39, 0.29) is 12.0 Å². The lowest BCUT2D eigenvalue weighted by Crippen LogP contribution is -2.36. The molecule has 0 saturated heterocycles. The molecule has 0 aliphatic heterocycles. The van der Waals surface area contributed by atoms with E-state index in [2.05, 4.69) is 10.3 Å². The second-order valence-corrected chi connectivity index (χ2v) is 3.18. The zero-order valence-corrected chi connectivity index (χ0v) is 9.14. The molecule has 1 rings (SSSR count). The topological polar surface area (TPSA) is 56.2 Å². The first-order valence-corrected chi connectivity index (χ1v) is 5.07.